The van der Waals surface area contributed by atoms with Gasteiger partial charge in [-0.1, -0.05) is 32.0 Å². The van der Waals surface area contributed by atoms with Crippen molar-refractivity contribution < 1.29 is 24.0 Å². The van der Waals surface area contributed by atoms with Gasteiger partial charge in [-0.25, -0.2) is 14.8 Å². The van der Waals surface area contributed by atoms with Crippen LogP contribution in [0.1, 0.15) is 48.7 Å². The van der Waals surface area contributed by atoms with E-state index in [1.165, 1.54) is 0 Å². The first-order chi connectivity index (χ1) is 22.2. The number of carbonyl (C=O) groups is 2. The van der Waals surface area contributed by atoms with Crippen molar-refractivity contribution in [1.82, 2.24) is 19.9 Å². The second kappa shape index (κ2) is 17.0. The second-order valence-corrected chi connectivity index (χ2v) is 11.3. The molecule has 2 heterocycles. The minimum Gasteiger partial charge on any atom is -0.431 e. The number of quaternary nitrogens is 1. The number of aryl methyl sites for hydroxylation is 1. The zero-order valence-electron chi connectivity index (χ0n) is 27.2. The molecule has 0 aliphatic rings. The first-order valence-corrected chi connectivity index (χ1v) is 15.6. The maximum absolute atomic E-state index is 13.1. The van der Waals surface area contributed by atoms with Crippen LogP contribution in [0.15, 0.2) is 79.3 Å². The molecule has 0 bridgehead atoms. The van der Waals surface area contributed by atoms with Crippen LogP contribution in [-0.4, -0.2) is 71.4 Å². The van der Waals surface area contributed by atoms with E-state index in [2.05, 4.69) is 37.4 Å². The molecule has 0 saturated heterocycles. The SMILES string of the molecule is CCC(C)OC(=O)OC[NH+](C)CCN(CC)Cc1ccc(C(=O)Nc2ccc(C)c(Nc3nccc(-c4cccnc4)n3)c2)cc1. The highest BCUT2D eigenvalue weighted by molar-refractivity contribution is 6.04. The fourth-order valence-electron chi connectivity index (χ4n) is 4.51. The summed E-state index contributed by atoms with van der Waals surface area (Å²) >= 11 is 0. The van der Waals surface area contributed by atoms with Crippen LogP contribution >= 0.6 is 0 Å². The predicted octanol–water partition coefficient (Wildman–Crippen LogP) is 5.09. The number of carbonyl (C=O) groups excluding carboxylic acids is 2. The van der Waals surface area contributed by atoms with Gasteiger partial charge in [-0.15, -0.1) is 0 Å². The highest BCUT2D eigenvalue weighted by Gasteiger charge is 2.14. The van der Waals surface area contributed by atoms with Crippen LogP contribution in [-0.2, 0) is 16.0 Å². The van der Waals surface area contributed by atoms with Crippen molar-refractivity contribution in [2.75, 3.05) is 44.0 Å². The standard InChI is InChI=1S/C35H43N7O4/c1-6-26(4)46-35(44)45-24-41(5)19-20-42(7-2)23-27-11-13-28(14-12-27)33(43)38-30-15-10-25(3)32(21-30)40-34-37-18-16-31(39-34)29-9-8-17-36-22-29/h8-18,21-22,26H,6-7,19-20,23-24H2,1-5H3,(H,38,43)(H,37,39,40)/p+1. The lowest BCUT2D eigenvalue weighted by Gasteiger charge is -2.22. The highest BCUT2D eigenvalue weighted by atomic mass is 16.7. The number of benzene rings is 2. The van der Waals surface area contributed by atoms with E-state index in [0.29, 0.717) is 17.2 Å². The predicted molar refractivity (Wildman–Crippen MR) is 179 cm³/mol. The highest BCUT2D eigenvalue weighted by Crippen LogP contribution is 2.24. The summed E-state index contributed by atoms with van der Waals surface area (Å²) in [6.07, 6.45) is 5.16. The Kier molecular flexibility index (Phi) is 12.6. The number of amides is 1. The Balaban J connectivity index is 1.29. The Labute approximate surface area is 271 Å². The lowest BCUT2D eigenvalue weighted by molar-refractivity contribution is -0.897. The van der Waals surface area contributed by atoms with E-state index in [0.717, 1.165) is 65.6 Å². The number of anilines is 3. The summed E-state index contributed by atoms with van der Waals surface area (Å²) in [5, 5.41) is 6.28. The topological polar surface area (TPSA) is 123 Å². The Hall–Kier alpha value is -4.87. The normalized spacial score (nSPS) is 12.3. The van der Waals surface area contributed by atoms with E-state index in [4.69, 9.17) is 9.47 Å². The van der Waals surface area contributed by atoms with Crippen molar-refractivity contribution in [2.24, 2.45) is 0 Å². The first-order valence-electron chi connectivity index (χ1n) is 15.6. The number of rotatable bonds is 15. The van der Waals surface area contributed by atoms with E-state index in [-0.39, 0.29) is 18.7 Å². The van der Waals surface area contributed by atoms with E-state index < -0.39 is 6.16 Å². The molecule has 4 aromatic rings. The van der Waals surface area contributed by atoms with Gasteiger partial charge in [0.05, 0.1) is 19.3 Å². The van der Waals surface area contributed by atoms with Gasteiger partial charge >= 0.3 is 6.16 Å². The number of aromatic nitrogens is 3. The Morgan fingerprint density at radius 3 is 2.57 bits per heavy atom. The largest absolute Gasteiger partial charge is 0.512 e. The molecule has 2 aromatic carbocycles. The fourth-order valence-corrected chi connectivity index (χ4v) is 4.51. The molecule has 11 nitrogen and oxygen atoms in total. The van der Waals surface area contributed by atoms with E-state index in [1.807, 2.05) is 88.5 Å². The number of likely N-dealkylation sites (N-methyl/N-ethyl adjacent to an activating group) is 2. The Bertz CT molecular complexity index is 1570. The number of hydrogen-bond acceptors (Lipinski definition) is 9. The van der Waals surface area contributed by atoms with Crippen LogP contribution in [0.2, 0.25) is 0 Å². The van der Waals surface area contributed by atoms with Gasteiger partial charge in [-0.2, -0.15) is 0 Å². The van der Waals surface area contributed by atoms with Crippen molar-refractivity contribution in [3.8, 4) is 11.3 Å². The van der Waals surface area contributed by atoms with Crippen molar-refractivity contribution in [3.05, 3.63) is 95.9 Å². The summed E-state index contributed by atoms with van der Waals surface area (Å²) in [6, 6.07) is 19.0. The van der Waals surface area contributed by atoms with Crippen LogP contribution in [0.4, 0.5) is 22.1 Å². The molecule has 3 N–H and O–H groups in total. The third-order valence-corrected chi connectivity index (χ3v) is 7.59. The number of nitrogens with zero attached hydrogens (tertiary/aromatic N) is 4. The van der Waals surface area contributed by atoms with E-state index in [9.17, 15) is 9.59 Å². The summed E-state index contributed by atoms with van der Waals surface area (Å²) < 4.78 is 10.4. The molecule has 2 unspecified atom stereocenters. The van der Waals surface area contributed by atoms with Crippen LogP contribution in [0, 0.1) is 6.92 Å². The van der Waals surface area contributed by atoms with Gasteiger partial charge < -0.3 is 25.0 Å². The van der Waals surface area contributed by atoms with Crippen molar-refractivity contribution >= 4 is 29.4 Å². The Morgan fingerprint density at radius 2 is 1.85 bits per heavy atom. The summed E-state index contributed by atoms with van der Waals surface area (Å²) in [5.41, 5.74) is 5.78. The molecular formula is C35H44N7O4+. The van der Waals surface area contributed by atoms with Crippen molar-refractivity contribution in [3.63, 3.8) is 0 Å². The molecule has 11 heteroatoms. The molecule has 0 aliphatic carbocycles. The zero-order valence-corrected chi connectivity index (χ0v) is 27.2. The molecule has 0 spiro atoms. The van der Waals surface area contributed by atoms with Gasteiger partial charge in [0, 0.05) is 54.2 Å². The number of pyridine rings is 1. The fraction of sp³-hybridized carbons (Fsp3) is 0.343. The van der Waals surface area contributed by atoms with Crippen LogP contribution < -0.4 is 15.5 Å². The van der Waals surface area contributed by atoms with Crippen LogP contribution in [0.25, 0.3) is 11.3 Å². The van der Waals surface area contributed by atoms with Gasteiger partial charge in [0.15, 0.2) is 0 Å². The first kappa shape index (κ1) is 34.0. The van der Waals surface area contributed by atoms with Gasteiger partial charge in [0.1, 0.15) is 6.10 Å². The second-order valence-electron chi connectivity index (χ2n) is 11.3. The summed E-state index contributed by atoms with van der Waals surface area (Å²) in [7, 11) is 1.99. The molecule has 0 saturated carbocycles. The van der Waals surface area contributed by atoms with E-state index >= 15 is 0 Å². The third-order valence-electron chi connectivity index (χ3n) is 7.59. The zero-order chi connectivity index (χ0) is 32.9. The van der Waals surface area contributed by atoms with Crippen molar-refractivity contribution in [1.29, 1.82) is 0 Å². The van der Waals surface area contributed by atoms with Gasteiger partial charge in [0.2, 0.25) is 12.7 Å². The summed E-state index contributed by atoms with van der Waals surface area (Å²) in [4.78, 5) is 41.4. The van der Waals surface area contributed by atoms with Crippen molar-refractivity contribution in [2.45, 2.75) is 46.8 Å². The molecule has 242 valence electrons. The average molecular weight is 627 g/mol. The molecule has 46 heavy (non-hydrogen) atoms. The molecule has 2 aromatic heterocycles. The summed E-state index contributed by atoms with van der Waals surface area (Å²) in [5.74, 6) is 0.258. The Morgan fingerprint density at radius 1 is 1.04 bits per heavy atom. The smallest absolute Gasteiger partial charge is 0.431 e. The average Bonchev–Trinajstić information content (AvgIpc) is 3.07. The van der Waals surface area contributed by atoms with E-state index in [1.54, 1.807) is 18.6 Å². The number of hydrogen-bond donors (Lipinski definition) is 3. The lowest BCUT2D eigenvalue weighted by atomic mass is 10.1. The van der Waals surface area contributed by atoms with Gasteiger partial charge in [-0.3, -0.25) is 14.7 Å². The summed E-state index contributed by atoms with van der Waals surface area (Å²) in [6.45, 7) is 11.4. The minimum absolute atomic E-state index is 0.151. The molecule has 0 fully saturated rings. The molecule has 1 amide bonds. The molecular weight excluding hydrogens is 582 g/mol. The van der Waals surface area contributed by atoms with Gasteiger partial charge in [0.25, 0.3) is 5.91 Å². The molecule has 2 atom stereocenters. The van der Waals surface area contributed by atoms with Gasteiger partial charge in [-0.05, 0) is 80.4 Å². The monoisotopic (exact) mass is 626 g/mol. The lowest BCUT2D eigenvalue weighted by Crippen LogP contribution is -3.10. The number of nitrogens with one attached hydrogen (secondary N) is 3. The number of ether oxygens (including phenoxy) is 2. The molecule has 4 rings (SSSR count). The quantitative estimate of drug-likeness (QED) is 0.122. The maximum atomic E-state index is 13.1. The van der Waals surface area contributed by atoms with Crippen LogP contribution in [0.3, 0.4) is 0 Å². The third kappa shape index (κ3) is 10.4. The van der Waals surface area contributed by atoms with Crippen LogP contribution in [0.5, 0.6) is 0 Å². The maximum Gasteiger partial charge on any atom is 0.512 e. The molecule has 0 aliphatic heterocycles. The molecule has 0 radical (unpaired) electrons. The minimum atomic E-state index is -0.623.